The third kappa shape index (κ3) is 4.43. The molecule has 1 aromatic carbocycles. The monoisotopic (exact) mass is 287 g/mol. The average Bonchev–Trinajstić information content (AvgIpc) is 2.86. The van der Waals surface area contributed by atoms with E-state index in [1.54, 1.807) is 4.68 Å². The van der Waals surface area contributed by atoms with Gasteiger partial charge in [0.1, 0.15) is 11.4 Å². The fraction of sp³-hybridized carbons (Fsp3) is 0.375. The van der Waals surface area contributed by atoms with Crippen LogP contribution in [0.5, 0.6) is 5.75 Å². The molecule has 0 aliphatic heterocycles. The average molecular weight is 287 g/mol. The van der Waals surface area contributed by atoms with Crippen molar-refractivity contribution >= 4 is 0 Å². The van der Waals surface area contributed by atoms with Crippen molar-refractivity contribution in [3.63, 3.8) is 0 Å². The molecule has 1 aromatic heterocycles. The topological polar surface area (TPSA) is 60.2 Å². The third-order valence-corrected chi connectivity index (χ3v) is 3.06. The number of rotatable bonds is 8. The molecule has 0 aliphatic carbocycles. The molecule has 1 heterocycles. The van der Waals surface area contributed by atoms with Gasteiger partial charge in [-0.3, -0.25) is 0 Å². The quantitative estimate of drug-likeness (QED) is 0.598. The molecule has 5 nitrogen and oxygen atoms in total. The molecule has 5 heteroatoms. The molecule has 0 unspecified atom stereocenters. The molecule has 2 aromatic rings. The van der Waals surface area contributed by atoms with Crippen LogP contribution in [0.15, 0.2) is 42.5 Å². The molecule has 0 saturated heterocycles. The Bertz CT molecular complexity index is 578. The number of aliphatic hydroxyl groups excluding tert-OH is 1. The minimum Gasteiger partial charge on any atom is -0.494 e. The molecule has 0 amide bonds. The SMILES string of the molecule is C=C(C)Cn1nnc(CO)c1CCCOc1ccccc1. The van der Waals surface area contributed by atoms with Crippen molar-refractivity contribution in [1.29, 1.82) is 0 Å². The molecule has 0 spiro atoms. The molecule has 0 saturated carbocycles. The molecule has 112 valence electrons. The summed E-state index contributed by atoms with van der Waals surface area (Å²) >= 11 is 0. The summed E-state index contributed by atoms with van der Waals surface area (Å²) < 4.78 is 7.47. The highest BCUT2D eigenvalue weighted by molar-refractivity contribution is 5.20. The summed E-state index contributed by atoms with van der Waals surface area (Å²) in [6.07, 6.45) is 1.61. The highest BCUT2D eigenvalue weighted by atomic mass is 16.5. The van der Waals surface area contributed by atoms with Crippen LogP contribution < -0.4 is 4.74 Å². The molecular weight excluding hydrogens is 266 g/mol. The summed E-state index contributed by atoms with van der Waals surface area (Å²) in [7, 11) is 0. The normalized spacial score (nSPS) is 10.6. The Morgan fingerprint density at radius 1 is 1.33 bits per heavy atom. The number of nitrogens with zero attached hydrogens (tertiary/aromatic N) is 3. The van der Waals surface area contributed by atoms with Gasteiger partial charge in [-0.1, -0.05) is 35.6 Å². The number of benzene rings is 1. The summed E-state index contributed by atoms with van der Waals surface area (Å²) in [6, 6.07) is 9.73. The van der Waals surface area contributed by atoms with E-state index in [0.717, 1.165) is 29.9 Å². The number of aromatic nitrogens is 3. The first-order chi connectivity index (χ1) is 10.2. The molecule has 0 bridgehead atoms. The van der Waals surface area contributed by atoms with Gasteiger partial charge in [0, 0.05) is 0 Å². The fourth-order valence-corrected chi connectivity index (χ4v) is 2.09. The molecule has 0 radical (unpaired) electrons. The van der Waals surface area contributed by atoms with Crippen LogP contribution in [0.2, 0.25) is 0 Å². The van der Waals surface area contributed by atoms with Crippen molar-refractivity contribution in [3.05, 3.63) is 53.9 Å². The first-order valence-corrected chi connectivity index (χ1v) is 7.05. The van der Waals surface area contributed by atoms with Gasteiger partial charge >= 0.3 is 0 Å². The van der Waals surface area contributed by atoms with E-state index in [0.29, 0.717) is 18.8 Å². The summed E-state index contributed by atoms with van der Waals surface area (Å²) in [5.74, 6) is 0.869. The molecule has 2 rings (SSSR count). The number of aliphatic hydroxyl groups is 1. The second-order valence-corrected chi connectivity index (χ2v) is 5.02. The molecule has 0 fully saturated rings. The first-order valence-electron chi connectivity index (χ1n) is 7.05. The summed E-state index contributed by atoms with van der Waals surface area (Å²) in [5, 5.41) is 17.4. The van der Waals surface area contributed by atoms with Gasteiger partial charge in [0.25, 0.3) is 0 Å². The lowest BCUT2D eigenvalue weighted by atomic mass is 10.2. The van der Waals surface area contributed by atoms with E-state index >= 15 is 0 Å². The number of para-hydroxylation sites is 1. The maximum Gasteiger partial charge on any atom is 0.119 e. The first kappa shape index (κ1) is 15.3. The van der Waals surface area contributed by atoms with E-state index in [9.17, 15) is 5.11 Å². The highest BCUT2D eigenvalue weighted by Gasteiger charge is 2.11. The number of allylic oxidation sites excluding steroid dienone is 1. The maximum absolute atomic E-state index is 9.33. The standard InChI is InChI=1S/C16H21N3O2/c1-13(2)11-19-16(15(12-20)17-18-19)9-6-10-21-14-7-4-3-5-8-14/h3-5,7-8,20H,1,6,9-12H2,2H3. The molecule has 1 N–H and O–H groups in total. The lowest BCUT2D eigenvalue weighted by molar-refractivity contribution is 0.274. The smallest absolute Gasteiger partial charge is 0.119 e. The van der Waals surface area contributed by atoms with Crippen LogP contribution in [0.4, 0.5) is 0 Å². The van der Waals surface area contributed by atoms with Crippen LogP contribution in [-0.2, 0) is 19.6 Å². The molecular formula is C16H21N3O2. The Labute approximate surface area is 124 Å². The van der Waals surface area contributed by atoms with E-state index in [1.165, 1.54) is 0 Å². The Balaban J connectivity index is 1.89. The Morgan fingerprint density at radius 3 is 2.76 bits per heavy atom. The number of hydrogen-bond acceptors (Lipinski definition) is 4. The van der Waals surface area contributed by atoms with Gasteiger partial charge in [-0.05, 0) is 31.9 Å². The van der Waals surface area contributed by atoms with Crippen molar-refractivity contribution in [2.75, 3.05) is 6.61 Å². The maximum atomic E-state index is 9.33. The van der Waals surface area contributed by atoms with Gasteiger partial charge in [0.15, 0.2) is 0 Å². The van der Waals surface area contributed by atoms with Crippen LogP contribution in [0, 0.1) is 0 Å². The minimum atomic E-state index is -0.0922. The van der Waals surface area contributed by atoms with Gasteiger partial charge < -0.3 is 9.84 Å². The van der Waals surface area contributed by atoms with Crippen LogP contribution in [0.25, 0.3) is 0 Å². The predicted octanol–water partition coefficient (Wildman–Crippen LogP) is 2.36. The molecule has 0 aliphatic rings. The second-order valence-electron chi connectivity index (χ2n) is 5.02. The fourth-order valence-electron chi connectivity index (χ4n) is 2.09. The van der Waals surface area contributed by atoms with Gasteiger partial charge in [0.05, 0.1) is 25.5 Å². The van der Waals surface area contributed by atoms with Crippen molar-refractivity contribution in [2.45, 2.75) is 32.9 Å². The summed E-state index contributed by atoms with van der Waals surface area (Å²) in [4.78, 5) is 0. The summed E-state index contributed by atoms with van der Waals surface area (Å²) in [6.45, 7) is 6.99. The molecule has 21 heavy (non-hydrogen) atoms. The van der Waals surface area contributed by atoms with Crippen molar-refractivity contribution in [1.82, 2.24) is 15.0 Å². The van der Waals surface area contributed by atoms with E-state index < -0.39 is 0 Å². The van der Waals surface area contributed by atoms with Crippen LogP contribution in [0.1, 0.15) is 24.7 Å². The van der Waals surface area contributed by atoms with Crippen molar-refractivity contribution < 1.29 is 9.84 Å². The van der Waals surface area contributed by atoms with Crippen molar-refractivity contribution in [2.24, 2.45) is 0 Å². The van der Waals surface area contributed by atoms with E-state index in [-0.39, 0.29) is 6.61 Å². The largest absolute Gasteiger partial charge is 0.494 e. The van der Waals surface area contributed by atoms with Crippen LogP contribution >= 0.6 is 0 Å². The number of ether oxygens (including phenoxy) is 1. The third-order valence-electron chi connectivity index (χ3n) is 3.06. The predicted molar refractivity (Wildman–Crippen MR) is 81.0 cm³/mol. The van der Waals surface area contributed by atoms with Crippen molar-refractivity contribution in [3.8, 4) is 5.75 Å². The molecule has 0 atom stereocenters. The van der Waals surface area contributed by atoms with Crippen LogP contribution in [0.3, 0.4) is 0 Å². The van der Waals surface area contributed by atoms with Gasteiger partial charge in [-0.2, -0.15) is 0 Å². The zero-order chi connectivity index (χ0) is 15.1. The lowest BCUT2D eigenvalue weighted by Gasteiger charge is -2.08. The van der Waals surface area contributed by atoms with E-state index in [4.69, 9.17) is 4.74 Å². The minimum absolute atomic E-state index is 0.0922. The summed E-state index contributed by atoms with van der Waals surface area (Å²) in [5.41, 5.74) is 2.60. The Morgan fingerprint density at radius 2 is 2.10 bits per heavy atom. The van der Waals surface area contributed by atoms with Gasteiger partial charge in [-0.15, -0.1) is 5.10 Å². The number of hydrogen-bond donors (Lipinski definition) is 1. The lowest BCUT2D eigenvalue weighted by Crippen LogP contribution is -2.09. The van der Waals surface area contributed by atoms with E-state index in [2.05, 4.69) is 16.9 Å². The zero-order valence-corrected chi connectivity index (χ0v) is 12.3. The van der Waals surface area contributed by atoms with E-state index in [1.807, 2.05) is 37.3 Å². The Kier molecular flexibility index (Phi) is 5.51. The highest BCUT2D eigenvalue weighted by Crippen LogP contribution is 2.12. The van der Waals surface area contributed by atoms with Gasteiger partial charge in [0.2, 0.25) is 0 Å². The Hall–Kier alpha value is -2.14. The van der Waals surface area contributed by atoms with Gasteiger partial charge in [-0.25, -0.2) is 4.68 Å². The zero-order valence-electron chi connectivity index (χ0n) is 12.3. The van der Waals surface area contributed by atoms with Crippen LogP contribution in [-0.4, -0.2) is 26.7 Å². The second kappa shape index (κ2) is 7.59.